The molecule has 0 amide bonds. The Morgan fingerprint density at radius 3 is 2.70 bits per heavy atom. The molecule has 0 saturated heterocycles. The van der Waals surface area contributed by atoms with Gasteiger partial charge in [-0.2, -0.15) is 5.10 Å². The van der Waals surface area contributed by atoms with Crippen LogP contribution < -0.4 is 4.74 Å². The largest absolute Gasteiger partial charge is 0.491 e. The maximum atomic E-state index is 5.99. The number of pyridine rings is 1. The van der Waals surface area contributed by atoms with Crippen LogP contribution in [0.4, 0.5) is 0 Å². The summed E-state index contributed by atoms with van der Waals surface area (Å²) in [5, 5.41) is 6.86. The molecule has 1 N–H and O–H groups in total. The summed E-state index contributed by atoms with van der Waals surface area (Å²) in [4.78, 5) is 4.44. The van der Waals surface area contributed by atoms with Crippen LogP contribution in [0.3, 0.4) is 0 Å². The van der Waals surface area contributed by atoms with Gasteiger partial charge in [-0.25, -0.2) is 0 Å². The molecule has 2 heterocycles. The maximum Gasteiger partial charge on any atom is 0.137 e. The third-order valence-electron chi connectivity index (χ3n) is 5.18. The van der Waals surface area contributed by atoms with Crippen LogP contribution in [0.15, 0.2) is 30.6 Å². The molecule has 3 aliphatic rings. The lowest BCUT2D eigenvalue weighted by Gasteiger charge is -2.71. The topological polar surface area (TPSA) is 54.0 Å². The summed E-state index contributed by atoms with van der Waals surface area (Å²) in [6, 6.07) is 5.88. The number of aromatic amines is 1. The lowest BCUT2D eigenvalue weighted by molar-refractivity contribution is -0.220. The van der Waals surface area contributed by atoms with Gasteiger partial charge in [-0.1, -0.05) is 11.9 Å². The van der Waals surface area contributed by atoms with E-state index in [0.717, 1.165) is 23.7 Å². The van der Waals surface area contributed by atoms with Gasteiger partial charge in [0.15, 0.2) is 0 Å². The Labute approximate surface area is 141 Å². The quantitative estimate of drug-likeness (QED) is 0.790. The van der Waals surface area contributed by atoms with Gasteiger partial charge in [0.1, 0.15) is 5.75 Å². The average molecular weight is 330 g/mol. The lowest BCUT2D eigenvalue weighted by atomic mass is 9.35. The Hall–Kier alpha value is -1.53. The van der Waals surface area contributed by atoms with E-state index in [9.17, 15) is 0 Å². The van der Waals surface area contributed by atoms with Gasteiger partial charge in [-0.05, 0) is 56.2 Å². The standard InChI is InChI=1S/C17H22N4OS/c1-21(23-2)11-16-8-17(9-16,10-16)12-22-13-3-4-14(18-7-13)15-5-6-19-20-15/h3-7H,8-12H2,1-2H3,(H,19,20). The monoisotopic (exact) mass is 330 g/mol. The van der Waals surface area contributed by atoms with Gasteiger partial charge in [-0.3, -0.25) is 14.4 Å². The Morgan fingerprint density at radius 1 is 1.26 bits per heavy atom. The van der Waals surface area contributed by atoms with Gasteiger partial charge < -0.3 is 4.74 Å². The van der Waals surface area contributed by atoms with Crippen LogP contribution in [0.25, 0.3) is 11.4 Å². The molecule has 0 spiro atoms. The molecular formula is C17H22N4OS. The Morgan fingerprint density at radius 2 is 2.09 bits per heavy atom. The summed E-state index contributed by atoms with van der Waals surface area (Å²) in [5.74, 6) is 0.855. The first-order chi connectivity index (χ1) is 11.1. The number of ether oxygens (including phenoxy) is 1. The van der Waals surface area contributed by atoms with Crippen LogP contribution in [-0.2, 0) is 0 Å². The molecule has 0 aliphatic heterocycles. The lowest BCUT2D eigenvalue weighted by Crippen LogP contribution is -2.66. The van der Waals surface area contributed by atoms with Gasteiger partial charge in [0.05, 0.1) is 24.2 Å². The number of nitrogens with one attached hydrogen (secondary N) is 1. The Bertz CT molecular complexity index is 651. The minimum atomic E-state index is 0.432. The predicted molar refractivity (Wildman–Crippen MR) is 92.2 cm³/mol. The molecule has 2 bridgehead atoms. The molecule has 2 aromatic rings. The van der Waals surface area contributed by atoms with E-state index < -0.39 is 0 Å². The fraction of sp³-hybridized carbons (Fsp3) is 0.529. The van der Waals surface area contributed by atoms with Crippen molar-refractivity contribution in [2.45, 2.75) is 19.3 Å². The molecule has 0 aromatic carbocycles. The predicted octanol–water partition coefficient (Wildman–Crippen LogP) is 3.23. The van der Waals surface area contributed by atoms with Crippen LogP contribution in [0.5, 0.6) is 5.75 Å². The van der Waals surface area contributed by atoms with Gasteiger partial charge >= 0.3 is 0 Å². The number of hydrogen-bond donors (Lipinski definition) is 1. The van der Waals surface area contributed by atoms with Crippen LogP contribution in [0.1, 0.15) is 19.3 Å². The smallest absolute Gasteiger partial charge is 0.137 e. The second-order valence-corrected chi connectivity index (χ2v) is 8.13. The molecule has 5 rings (SSSR count). The minimum Gasteiger partial charge on any atom is -0.491 e. The molecule has 3 aliphatic carbocycles. The molecule has 3 fully saturated rings. The first-order valence-electron chi connectivity index (χ1n) is 7.96. The highest BCUT2D eigenvalue weighted by Crippen LogP contribution is 2.73. The highest BCUT2D eigenvalue weighted by molar-refractivity contribution is 7.96. The Kier molecular flexibility index (Phi) is 3.61. The molecule has 122 valence electrons. The van der Waals surface area contributed by atoms with Crippen LogP contribution in [0, 0.1) is 10.8 Å². The van der Waals surface area contributed by atoms with Crippen molar-refractivity contribution in [3.63, 3.8) is 0 Å². The maximum absolute atomic E-state index is 5.99. The zero-order valence-corrected chi connectivity index (χ0v) is 14.4. The minimum absolute atomic E-state index is 0.432. The number of H-pyrrole nitrogens is 1. The van der Waals surface area contributed by atoms with E-state index >= 15 is 0 Å². The summed E-state index contributed by atoms with van der Waals surface area (Å²) in [5.41, 5.74) is 2.82. The first-order valence-corrected chi connectivity index (χ1v) is 9.14. The van der Waals surface area contributed by atoms with Crippen LogP contribution in [0.2, 0.25) is 0 Å². The molecule has 6 heteroatoms. The first kappa shape index (κ1) is 15.0. The number of aromatic nitrogens is 3. The third-order valence-corrected chi connectivity index (χ3v) is 5.93. The third kappa shape index (κ3) is 2.74. The van der Waals surface area contributed by atoms with Crippen molar-refractivity contribution in [3.8, 4) is 17.1 Å². The summed E-state index contributed by atoms with van der Waals surface area (Å²) < 4.78 is 8.34. The van der Waals surface area contributed by atoms with E-state index in [4.69, 9.17) is 4.74 Å². The average Bonchev–Trinajstić information content (AvgIpc) is 3.03. The summed E-state index contributed by atoms with van der Waals surface area (Å²) >= 11 is 1.82. The van der Waals surface area contributed by atoms with E-state index in [-0.39, 0.29) is 0 Å². The highest BCUT2D eigenvalue weighted by Gasteiger charge is 2.67. The second-order valence-electron chi connectivity index (χ2n) is 7.14. The van der Waals surface area contributed by atoms with Crippen molar-refractivity contribution < 1.29 is 4.74 Å². The molecular weight excluding hydrogens is 308 g/mol. The highest BCUT2D eigenvalue weighted by atomic mass is 32.2. The van der Waals surface area contributed by atoms with E-state index in [1.807, 2.05) is 30.1 Å². The summed E-state index contributed by atoms with van der Waals surface area (Å²) in [6.07, 6.45) is 9.61. The summed E-state index contributed by atoms with van der Waals surface area (Å²) in [6.45, 7) is 2.03. The summed E-state index contributed by atoms with van der Waals surface area (Å²) in [7, 11) is 2.18. The number of rotatable bonds is 7. The number of hydrogen-bond acceptors (Lipinski definition) is 5. The normalized spacial score (nSPS) is 28.3. The molecule has 0 unspecified atom stereocenters. The zero-order chi connectivity index (χ0) is 15.9. The van der Waals surface area contributed by atoms with Crippen molar-refractivity contribution in [1.29, 1.82) is 0 Å². The van der Waals surface area contributed by atoms with Gasteiger partial charge in [0, 0.05) is 18.2 Å². The van der Waals surface area contributed by atoms with E-state index in [1.54, 1.807) is 12.4 Å². The molecule has 0 radical (unpaired) electrons. The van der Waals surface area contributed by atoms with E-state index in [1.165, 1.54) is 25.8 Å². The second kappa shape index (κ2) is 5.53. The van der Waals surface area contributed by atoms with Gasteiger partial charge in [0.25, 0.3) is 0 Å². The van der Waals surface area contributed by atoms with Crippen LogP contribution in [-0.4, -0.2) is 45.9 Å². The van der Waals surface area contributed by atoms with Gasteiger partial charge in [-0.15, -0.1) is 0 Å². The van der Waals surface area contributed by atoms with Crippen molar-refractivity contribution in [2.75, 3.05) is 26.5 Å². The number of nitrogens with zero attached hydrogens (tertiary/aromatic N) is 3. The van der Waals surface area contributed by atoms with Crippen molar-refractivity contribution in [3.05, 3.63) is 30.6 Å². The zero-order valence-electron chi connectivity index (χ0n) is 13.6. The molecule has 2 aromatic heterocycles. The fourth-order valence-corrected chi connectivity index (χ4v) is 4.75. The molecule has 5 nitrogen and oxygen atoms in total. The van der Waals surface area contributed by atoms with E-state index in [2.05, 4.69) is 32.8 Å². The van der Waals surface area contributed by atoms with E-state index in [0.29, 0.717) is 10.8 Å². The molecule has 3 saturated carbocycles. The Balaban J connectivity index is 1.29. The molecule has 0 atom stereocenters. The van der Waals surface area contributed by atoms with Crippen LogP contribution >= 0.6 is 11.9 Å². The van der Waals surface area contributed by atoms with Crippen molar-refractivity contribution in [2.24, 2.45) is 10.8 Å². The molecule has 23 heavy (non-hydrogen) atoms. The SMILES string of the molecule is CSN(C)CC12CC(COc3ccc(-c4ccn[nH]4)nc3)(C1)C2. The van der Waals surface area contributed by atoms with Crippen molar-refractivity contribution >= 4 is 11.9 Å². The fourth-order valence-electron chi connectivity index (χ4n) is 4.35. The van der Waals surface area contributed by atoms with Crippen molar-refractivity contribution in [1.82, 2.24) is 19.5 Å². The van der Waals surface area contributed by atoms with Gasteiger partial charge in [0.2, 0.25) is 0 Å².